The summed E-state index contributed by atoms with van der Waals surface area (Å²) in [5.41, 5.74) is 3.28. The van der Waals surface area contributed by atoms with Crippen molar-refractivity contribution in [1.29, 1.82) is 0 Å². The van der Waals surface area contributed by atoms with Crippen LogP contribution in [0.4, 0.5) is 0 Å². The van der Waals surface area contributed by atoms with E-state index in [0.29, 0.717) is 5.92 Å². The Morgan fingerprint density at radius 3 is 2.30 bits per heavy atom. The molecule has 0 aliphatic heterocycles. The average molecular weight is 370 g/mol. The Balaban J connectivity index is 2.10. The predicted octanol–water partition coefficient (Wildman–Crippen LogP) is 4.98. The zero-order valence-electron chi connectivity index (χ0n) is 17.2. The highest BCUT2D eigenvalue weighted by molar-refractivity contribution is 5.81. The molecular weight excluding hydrogens is 338 g/mol. The first-order valence-electron chi connectivity index (χ1n) is 9.49. The molecule has 2 aromatic rings. The molecule has 0 aromatic heterocycles. The van der Waals surface area contributed by atoms with Crippen molar-refractivity contribution in [2.45, 2.75) is 53.2 Å². The summed E-state index contributed by atoms with van der Waals surface area (Å²) in [5, 5.41) is 3.15. The molecule has 2 rings (SSSR count). The smallest absolute Gasteiger partial charge is 0.261 e. The summed E-state index contributed by atoms with van der Waals surface area (Å²) in [6.45, 7) is 10.1. The SMILES string of the molecule is COc1ccc([C@@H](CC(C)C)NC(=O)[C@H](C)Oc2cccc(C)c2C)cc1. The fourth-order valence-corrected chi connectivity index (χ4v) is 2.97. The first-order chi connectivity index (χ1) is 12.8. The molecule has 0 aliphatic carbocycles. The minimum Gasteiger partial charge on any atom is -0.497 e. The lowest BCUT2D eigenvalue weighted by Gasteiger charge is -2.24. The van der Waals surface area contributed by atoms with Gasteiger partial charge in [-0.1, -0.05) is 38.1 Å². The zero-order valence-corrected chi connectivity index (χ0v) is 17.2. The highest BCUT2D eigenvalue weighted by Gasteiger charge is 2.22. The van der Waals surface area contributed by atoms with Crippen LogP contribution in [0.15, 0.2) is 42.5 Å². The molecule has 1 amide bonds. The number of rotatable bonds is 8. The van der Waals surface area contributed by atoms with Crippen LogP contribution >= 0.6 is 0 Å². The fraction of sp³-hybridized carbons (Fsp3) is 0.435. The second kappa shape index (κ2) is 9.45. The van der Waals surface area contributed by atoms with E-state index in [1.165, 1.54) is 0 Å². The van der Waals surface area contributed by atoms with E-state index in [1.807, 2.05) is 56.3 Å². The van der Waals surface area contributed by atoms with Crippen LogP contribution in [0.1, 0.15) is 49.9 Å². The van der Waals surface area contributed by atoms with Crippen LogP contribution in [0.3, 0.4) is 0 Å². The highest BCUT2D eigenvalue weighted by atomic mass is 16.5. The molecular formula is C23H31NO3. The van der Waals surface area contributed by atoms with Crippen molar-refractivity contribution >= 4 is 5.91 Å². The van der Waals surface area contributed by atoms with Crippen LogP contribution in [0.25, 0.3) is 0 Å². The average Bonchev–Trinajstić information content (AvgIpc) is 2.64. The maximum atomic E-state index is 12.8. The molecule has 2 atom stereocenters. The summed E-state index contributed by atoms with van der Waals surface area (Å²) in [7, 11) is 1.65. The van der Waals surface area contributed by atoms with Crippen molar-refractivity contribution in [3.8, 4) is 11.5 Å². The third kappa shape index (κ3) is 5.75. The van der Waals surface area contributed by atoms with Gasteiger partial charge in [0.25, 0.3) is 5.91 Å². The van der Waals surface area contributed by atoms with Crippen LogP contribution in [0.5, 0.6) is 11.5 Å². The van der Waals surface area contributed by atoms with Crippen LogP contribution in [-0.2, 0) is 4.79 Å². The fourth-order valence-electron chi connectivity index (χ4n) is 2.97. The molecule has 0 aliphatic rings. The summed E-state index contributed by atoms with van der Waals surface area (Å²) in [5.74, 6) is 1.90. The normalized spacial score (nSPS) is 13.1. The van der Waals surface area contributed by atoms with Crippen molar-refractivity contribution in [3.63, 3.8) is 0 Å². The number of benzene rings is 2. The van der Waals surface area contributed by atoms with Gasteiger partial charge in [0.1, 0.15) is 11.5 Å². The molecule has 146 valence electrons. The molecule has 4 nitrogen and oxygen atoms in total. The molecule has 0 unspecified atom stereocenters. The van der Waals surface area contributed by atoms with Crippen molar-refractivity contribution in [2.24, 2.45) is 5.92 Å². The van der Waals surface area contributed by atoms with Gasteiger partial charge in [-0.3, -0.25) is 4.79 Å². The Morgan fingerprint density at radius 2 is 1.70 bits per heavy atom. The monoisotopic (exact) mass is 369 g/mol. The van der Waals surface area contributed by atoms with E-state index >= 15 is 0 Å². The van der Waals surface area contributed by atoms with Gasteiger partial charge >= 0.3 is 0 Å². The Kier molecular flexibility index (Phi) is 7.28. The van der Waals surface area contributed by atoms with E-state index in [0.717, 1.165) is 34.6 Å². The molecule has 0 radical (unpaired) electrons. The van der Waals surface area contributed by atoms with E-state index in [1.54, 1.807) is 14.0 Å². The van der Waals surface area contributed by atoms with Crippen molar-refractivity contribution < 1.29 is 14.3 Å². The Labute approximate surface area is 162 Å². The molecule has 0 bridgehead atoms. The second-order valence-electron chi connectivity index (χ2n) is 7.42. The number of carbonyl (C=O) groups excluding carboxylic acids is 1. The standard InChI is InChI=1S/C23H31NO3/c1-15(2)14-21(19-10-12-20(26-6)13-11-19)24-23(25)18(5)27-22-9-7-8-16(3)17(22)4/h7-13,15,18,21H,14H2,1-6H3,(H,24,25)/t18-,21+/m0/s1. The van der Waals surface area contributed by atoms with Gasteiger partial charge in [0.2, 0.25) is 0 Å². The minimum absolute atomic E-state index is 0.0620. The van der Waals surface area contributed by atoms with E-state index in [4.69, 9.17) is 9.47 Å². The predicted molar refractivity (Wildman–Crippen MR) is 109 cm³/mol. The minimum atomic E-state index is -0.571. The van der Waals surface area contributed by atoms with E-state index < -0.39 is 6.10 Å². The first kappa shape index (κ1) is 20.8. The first-order valence-corrected chi connectivity index (χ1v) is 9.49. The third-order valence-electron chi connectivity index (χ3n) is 4.77. The quantitative estimate of drug-likeness (QED) is 0.714. The molecule has 1 N–H and O–H groups in total. The number of ether oxygens (including phenoxy) is 2. The van der Waals surface area contributed by atoms with E-state index in [9.17, 15) is 4.79 Å². The van der Waals surface area contributed by atoms with Crippen molar-refractivity contribution in [2.75, 3.05) is 7.11 Å². The number of amides is 1. The second-order valence-corrected chi connectivity index (χ2v) is 7.42. The van der Waals surface area contributed by atoms with Crippen LogP contribution < -0.4 is 14.8 Å². The molecule has 0 heterocycles. The number of carbonyl (C=O) groups is 1. The highest BCUT2D eigenvalue weighted by Crippen LogP contribution is 2.25. The van der Waals surface area contributed by atoms with Gasteiger partial charge in [-0.25, -0.2) is 0 Å². The van der Waals surface area contributed by atoms with Crippen molar-refractivity contribution in [3.05, 3.63) is 59.2 Å². The molecule has 0 saturated carbocycles. The van der Waals surface area contributed by atoms with Crippen LogP contribution in [0, 0.1) is 19.8 Å². The van der Waals surface area contributed by atoms with Crippen molar-refractivity contribution in [1.82, 2.24) is 5.32 Å². The lowest BCUT2D eigenvalue weighted by molar-refractivity contribution is -0.128. The van der Waals surface area contributed by atoms with Gasteiger partial charge < -0.3 is 14.8 Å². The summed E-state index contributed by atoms with van der Waals surface area (Å²) in [6, 6.07) is 13.7. The van der Waals surface area contributed by atoms with Gasteiger partial charge in [-0.05, 0) is 68.0 Å². The lowest BCUT2D eigenvalue weighted by atomic mass is 9.96. The van der Waals surface area contributed by atoms with E-state index in [2.05, 4.69) is 19.2 Å². The molecule has 0 fully saturated rings. The summed E-state index contributed by atoms with van der Waals surface area (Å²) >= 11 is 0. The maximum absolute atomic E-state index is 12.8. The van der Waals surface area contributed by atoms with Crippen LogP contribution in [0.2, 0.25) is 0 Å². The van der Waals surface area contributed by atoms with Gasteiger partial charge in [-0.2, -0.15) is 0 Å². The number of methoxy groups -OCH3 is 1. The van der Waals surface area contributed by atoms with Gasteiger partial charge in [0.15, 0.2) is 6.10 Å². The molecule has 27 heavy (non-hydrogen) atoms. The van der Waals surface area contributed by atoms with Gasteiger partial charge in [0.05, 0.1) is 13.2 Å². The number of nitrogens with one attached hydrogen (secondary N) is 1. The number of hydrogen-bond donors (Lipinski definition) is 1. The van der Waals surface area contributed by atoms with Gasteiger partial charge in [0, 0.05) is 0 Å². The van der Waals surface area contributed by atoms with Crippen LogP contribution in [-0.4, -0.2) is 19.1 Å². The Morgan fingerprint density at radius 1 is 1.04 bits per heavy atom. The number of aryl methyl sites for hydroxylation is 1. The maximum Gasteiger partial charge on any atom is 0.261 e. The largest absolute Gasteiger partial charge is 0.497 e. The van der Waals surface area contributed by atoms with E-state index in [-0.39, 0.29) is 11.9 Å². The topological polar surface area (TPSA) is 47.6 Å². The zero-order chi connectivity index (χ0) is 20.0. The molecule has 2 aromatic carbocycles. The molecule has 0 spiro atoms. The number of hydrogen-bond acceptors (Lipinski definition) is 3. The molecule has 0 saturated heterocycles. The Bertz CT molecular complexity index is 753. The van der Waals surface area contributed by atoms with Gasteiger partial charge in [-0.15, -0.1) is 0 Å². The Hall–Kier alpha value is -2.49. The summed E-state index contributed by atoms with van der Waals surface area (Å²) in [6.07, 6.45) is 0.285. The lowest BCUT2D eigenvalue weighted by Crippen LogP contribution is -2.39. The summed E-state index contributed by atoms with van der Waals surface area (Å²) < 4.78 is 11.2. The molecule has 4 heteroatoms. The third-order valence-corrected chi connectivity index (χ3v) is 4.77. The summed E-state index contributed by atoms with van der Waals surface area (Å²) in [4.78, 5) is 12.8.